The minimum atomic E-state index is -1.37. The normalized spacial score (nSPS) is 54.5. The van der Waals surface area contributed by atoms with Crippen LogP contribution >= 0.6 is 0 Å². The fourth-order valence-electron chi connectivity index (χ4n) is 4.54. The van der Waals surface area contributed by atoms with Crippen LogP contribution in [0.2, 0.25) is 0 Å². The van der Waals surface area contributed by atoms with E-state index in [0.717, 1.165) is 6.42 Å². The van der Waals surface area contributed by atoms with Gasteiger partial charge in [-0.15, -0.1) is 0 Å². The molecule has 0 aromatic carbocycles. The van der Waals surface area contributed by atoms with Crippen LogP contribution in [-0.4, -0.2) is 63.8 Å². The van der Waals surface area contributed by atoms with Gasteiger partial charge in [0.15, 0.2) is 6.29 Å². The Morgan fingerprint density at radius 1 is 1.14 bits per heavy atom. The average molecular weight is 316 g/mol. The minimum Gasteiger partial charge on any atom is -0.394 e. The van der Waals surface area contributed by atoms with E-state index in [1.165, 1.54) is 6.42 Å². The van der Waals surface area contributed by atoms with Crippen molar-refractivity contribution in [1.82, 2.24) is 0 Å². The maximum Gasteiger partial charge on any atom is 0.186 e. The van der Waals surface area contributed by atoms with Gasteiger partial charge in [-0.1, -0.05) is 20.8 Å². The number of rotatable bonds is 4. The quantitative estimate of drug-likeness (QED) is 0.577. The largest absolute Gasteiger partial charge is 0.394 e. The molecule has 6 heteroatoms. The summed E-state index contributed by atoms with van der Waals surface area (Å²) < 4.78 is 11.4. The second-order valence-corrected chi connectivity index (χ2v) is 7.63. The van der Waals surface area contributed by atoms with Crippen LogP contribution < -0.4 is 0 Å². The summed E-state index contributed by atoms with van der Waals surface area (Å²) in [6.45, 7) is 6.21. The van der Waals surface area contributed by atoms with Crippen molar-refractivity contribution in [3.05, 3.63) is 0 Å². The molecule has 0 spiro atoms. The third kappa shape index (κ3) is 2.41. The molecule has 0 aromatic rings. The highest BCUT2D eigenvalue weighted by Crippen LogP contribution is 2.70. The first-order chi connectivity index (χ1) is 10.3. The Labute approximate surface area is 131 Å². The van der Waals surface area contributed by atoms with E-state index in [4.69, 9.17) is 9.47 Å². The molecule has 4 N–H and O–H groups in total. The van der Waals surface area contributed by atoms with Crippen molar-refractivity contribution in [1.29, 1.82) is 0 Å². The fourth-order valence-corrected chi connectivity index (χ4v) is 4.54. The Morgan fingerprint density at radius 3 is 2.36 bits per heavy atom. The molecule has 0 amide bonds. The molecule has 22 heavy (non-hydrogen) atoms. The fraction of sp³-hybridized carbons (Fsp3) is 1.00. The van der Waals surface area contributed by atoms with E-state index >= 15 is 0 Å². The molecule has 2 saturated carbocycles. The summed E-state index contributed by atoms with van der Waals surface area (Å²) in [7, 11) is 0. The van der Waals surface area contributed by atoms with Crippen LogP contribution in [0.3, 0.4) is 0 Å². The number of fused-ring (bicyclic) bond motifs is 1. The first kappa shape index (κ1) is 16.6. The van der Waals surface area contributed by atoms with E-state index < -0.39 is 37.3 Å². The van der Waals surface area contributed by atoms with E-state index in [9.17, 15) is 20.4 Å². The molecule has 128 valence electrons. The Kier molecular flexibility index (Phi) is 4.29. The van der Waals surface area contributed by atoms with Crippen molar-refractivity contribution in [2.45, 2.75) is 70.4 Å². The highest BCUT2D eigenvalue weighted by atomic mass is 16.7. The number of hydrogen-bond donors (Lipinski definition) is 4. The Bertz CT molecular complexity index is 413. The van der Waals surface area contributed by atoms with Gasteiger partial charge in [0.05, 0.1) is 12.7 Å². The molecule has 0 radical (unpaired) electrons. The third-order valence-electron chi connectivity index (χ3n) is 6.29. The lowest BCUT2D eigenvalue weighted by Gasteiger charge is -2.41. The van der Waals surface area contributed by atoms with E-state index in [2.05, 4.69) is 20.8 Å². The zero-order chi connectivity index (χ0) is 16.2. The highest BCUT2D eigenvalue weighted by molar-refractivity contribution is 5.14. The molecule has 1 heterocycles. The molecule has 1 saturated heterocycles. The standard InChI is InChI=1S/C16H28O6/c1-7(2)16-4-9(16)8(3)10(5-16)21-15-14(20)13(19)12(18)11(6-17)22-15/h7-15,17-20H,4-6H2,1-3H3. The first-order valence-electron chi connectivity index (χ1n) is 8.27. The van der Waals surface area contributed by atoms with Crippen LogP contribution in [0.1, 0.15) is 33.6 Å². The minimum absolute atomic E-state index is 0.0254. The van der Waals surface area contributed by atoms with Gasteiger partial charge >= 0.3 is 0 Å². The summed E-state index contributed by atoms with van der Waals surface area (Å²) in [5.74, 6) is 1.64. The van der Waals surface area contributed by atoms with Gasteiger partial charge < -0.3 is 29.9 Å². The molecule has 9 unspecified atom stereocenters. The van der Waals surface area contributed by atoms with Crippen molar-refractivity contribution in [3.63, 3.8) is 0 Å². The van der Waals surface area contributed by atoms with E-state index in [-0.39, 0.29) is 6.10 Å². The highest BCUT2D eigenvalue weighted by Gasteiger charge is 2.65. The molecular formula is C16H28O6. The van der Waals surface area contributed by atoms with Gasteiger partial charge in [-0.3, -0.25) is 0 Å². The number of aliphatic hydroxyl groups is 4. The maximum atomic E-state index is 10.1. The monoisotopic (exact) mass is 316 g/mol. The van der Waals surface area contributed by atoms with Crippen molar-refractivity contribution in [3.8, 4) is 0 Å². The summed E-state index contributed by atoms with van der Waals surface area (Å²) in [6.07, 6.45) is -3.79. The topological polar surface area (TPSA) is 99.4 Å². The molecule has 0 aromatic heterocycles. The summed E-state index contributed by atoms with van der Waals surface area (Å²) in [6, 6.07) is 0. The van der Waals surface area contributed by atoms with Gasteiger partial charge in [0.2, 0.25) is 0 Å². The molecule has 1 aliphatic heterocycles. The van der Waals surface area contributed by atoms with Crippen molar-refractivity contribution >= 4 is 0 Å². The van der Waals surface area contributed by atoms with Gasteiger partial charge in [-0.25, -0.2) is 0 Å². The van der Waals surface area contributed by atoms with Crippen LogP contribution in [0.25, 0.3) is 0 Å². The first-order valence-corrected chi connectivity index (χ1v) is 8.27. The smallest absolute Gasteiger partial charge is 0.186 e. The predicted octanol–water partition coefficient (Wildman–Crippen LogP) is -0.126. The van der Waals surface area contributed by atoms with Gasteiger partial charge in [0.25, 0.3) is 0 Å². The van der Waals surface area contributed by atoms with Crippen molar-refractivity contribution in [2.75, 3.05) is 6.61 Å². The second-order valence-electron chi connectivity index (χ2n) is 7.63. The SMILES string of the molecule is CC1C(OC2OC(CO)C(O)C(O)C2O)CC2(C(C)C)CC12. The lowest BCUT2D eigenvalue weighted by molar-refractivity contribution is -0.314. The molecule has 9 atom stereocenters. The van der Waals surface area contributed by atoms with Gasteiger partial charge in [-0.05, 0) is 36.0 Å². The van der Waals surface area contributed by atoms with Crippen molar-refractivity contribution < 1.29 is 29.9 Å². The number of aliphatic hydroxyl groups excluding tert-OH is 4. The van der Waals surface area contributed by atoms with Gasteiger partial charge in [0.1, 0.15) is 24.4 Å². The molecule has 0 bridgehead atoms. The van der Waals surface area contributed by atoms with Crippen molar-refractivity contribution in [2.24, 2.45) is 23.2 Å². The second kappa shape index (κ2) is 5.69. The average Bonchev–Trinajstić information content (AvgIpc) is 3.15. The molecular weight excluding hydrogens is 288 g/mol. The van der Waals surface area contributed by atoms with Crippen LogP contribution in [0.4, 0.5) is 0 Å². The van der Waals surface area contributed by atoms with Crippen LogP contribution in [0.15, 0.2) is 0 Å². The molecule has 2 aliphatic carbocycles. The zero-order valence-electron chi connectivity index (χ0n) is 13.4. The zero-order valence-corrected chi connectivity index (χ0v) is 13.4. The molecule has 3 rings (SSSR count). The van der Waals surface area contributed by atoms with Crippen LogP contribution in [-0.2, 0) is 9.47 Å². The Hall–Kier alpha value is -0.240. The number of hydrogen-bond acceptors (Lipinski definition) is 6. The van der Waals surface area contributed by atoms with Crippen LogP contribution in [0, 0.1) is 23.2 Å². The Morgan fingerprint density at radius 2 is 1.82 bits per heavy atom. The summed E-state index contributed by atoms with van der Waals surface area (Å²) in [5, 5.41) is 38.9. The maximum absolute atomic E-state index is 10.1. The summed E-state index contributed by atoms with van der Waals surface area (Å²) in [4.78, 5) is 0. The summed E-state index contributed by atoms with van der Waals surface area (Å²) in [5.41, 5.74) is 0.345. The molecule has 3 aliphatic rings. The van der Waals surface area contributed by atoms with Crippen LogP contribution in [0.5, 0.6) is 0 Å². The molecule has 6 nitrogen and oxygen atoms in total. The van der Waals surface area contributed by atoms with Gasteiger partial charge in [0, 0.05) is 0 Å². The molecule has 3 fully saturated rings. The lowest BCUT2D eigenvalue weighted by atomic mass is 9.89. The Balaban J connectivity index is 1.66. The number of ether oxygens (including phenoxy) is 2. The van der Waals surface area contributed by atoms with E-state index in [0.29, 0.717) is 23.2 Å². The van der Waals surface area contributed by atoms with E-state index in [1.54, 1.807) is 0 Å². The van der Waals surface area contributed by atoms with Gasteiger partial charge in [-0.2, -0.15) is 0 Å². The predicted molar refractivity (Wildman–Crippen MR) is 77.8 cm³/mol. The third-order valence-corrected chi connectivity index (χ3v) is 6.29. The summed E-state index contributed by atoms with van der Waals surface area (Å²) >= 11 is 0. The van der Waals surface area contributed by atoms with E-state index in [1.807, 2.05) is 0 Å². The lowest BCUT2D eigenvalue weighted by Crippen LogP contribution is -2.59.